The maximum absolute atomic E-state index is 12.8. The molecule has 0 bridgehead atoms. The van der Waals surface area contributed by atoms with Crippen molar-refractivity contribution in [1.29, 1.82) is 0 Å². The normalized spacial score (nSPS) is 13.8. The van der Waals surface area contributed by atoms with Gasteiger partial charge in [0, 0.05) is 12.8 Å². The number of carbonyl (C=O) groups is 2. The summed E-state index contributed by atoms with van der Waals surface area (Å²) in [6.45, 7) is 4.06. The third-order valence-corrected chi connectivity index (χ3v) is 15.1. The third kappa shape index (κ3) is 64.1. The van der Waals surface area contributed by atoms with Crippen molar-refractivity contribution >= 4 is 19.8 Å². The van der Waals surface area contributed by atoms with E-state index in [1.165, 1.54) is 180 Å². The van der Waals surface area contributed by atoms with Crippen LogP contribution in [0.25, 0.3) is 0 Å². The molecule has 80 heavy (non-hydrogen) atoms. The molecule has 0 aromatic rings. The van der Waals surface area contributed by atoms with Crippen molar-refractivity contribution in [3.63, 3.8) is 0 Å². The summed E-state index contributed by atoms with van der Waals surface area (Å²) in [5, 5.41) is 0. The fraction of sp³-hybridized carbons (Fsp3) is 0.743. The van der Waals surface area contributed by atoms with Gasteiger partial charge in [-0.05, 0) is 89.9 Å². The Morgan fingerprint density at radius 3 is 1.10 bits per heavy atom. The Hall–Kier alpha value is -3.07. The maximum atomic E-state index is 12.8. The number of allylic oxidation sites excluding steroid dienone is 16. The van der Waals surface area contributed by atoms with Gasteiger partial charge in [-0.2, -0.15) is 0 Å². The van der Waals surface area contributed by atoms with Gasteiger partial charge in [-0.25, -0.2) is 0 Å². The van der Waals surface area contributed by atoms with E-state index in [4.69, 9.17) is 18.5 Å². The van der Waals surface area contributed by atoms with E-state index in [0.717, 1.165) is 64.2 Å². The zero-order valence-corrected chi connectivity index (χ0v) is 53.4. The summed E-state index contributed by atoms with van der Waals surface area (Å²) in [6, 6.07) is 0. The molecule has 462 valence electrons. The molecule has 0 saturated carbocycles. The number of carbonyl (C=O) groups excluding carboxylic acids is 2. The molecule has 2 atom stereocenters. The highest BCUT2D eigenvalue weighted by Crippen LogP contribution is 2.38. The second-order valence-electron chi connectivity index (χ2n) is 23.1. The molecular formula is C70H124NO8P. The Kier molecular flexibility index (Phi) is 58.2. The summed E-state index contributed by atoms with van der Waals surface area (Å²) in [4.78, 5) is 37.9. The summed E-state index contributed by atoms with van der Waals surface area (Å²) in [6.07, 6.45) is 83.7. The number of unbranched alkanes of at least 4 members (excludes halogenated alkanes) is 30. The van der Waals surface area contributed by atoms with Crippen molar-refractivity contribution in [3.05, 3.63) is 97.2 Å². The molecule has 0 aliphatic rings. The molecule has 10 heteroatoms. The molecule has 0 aromatic carbocycles. The molecule has 0 fully saturated rings. The smallest absolute Gasteiger partial charge is 0.306 e. The van der Waals surface area contributed by atoms with E-state index in [1.807, 2.05) is 27.2 Å². The van der Waals surface area contributed by atoms with Crippen LogP contribution in [0.2, 0.25) is 0 Å². The van der Waals surface area contributed by atoms with Crippen LogP contribution in [-0.2, 0) is 32.7 Å². The molecule has 0 amide bonds. The van der Waals surface area contributed by atoms with Crippen LogP contribution in [0.15, 0.2) is 97.2 Å². The maximum Gasteiger partial charge on any atom is 0.306 e. The predicted octanol–water partition coefficient (Wildman–Crippen LogP) is 20.5. The molecule has 0 spiro atoms. The molecule has 0 aliphatic heterocycles. The first kappa shape index (κ1) is 76.9. The highest BCUT2D eigenvalue weighted by atomic mass is 31.2. The number of likely N-dealkylation sites (N-methyl/N-ethyl adjacent to an activating group) is 1. The van der Waals surface area contributed by atoms with Crippen LogP contribution < -0.4 is 4.89 Å². The van der Waals surface area contributed by atoms with Gasteiger partial charge in [0.15, 0.2) is 6.10 Å². The molecule has 0 N–H and O–H groups in total. The third-order valence-electron chi connectivity index (χ3n) is 14.1. The lowest BCUT2D eigenvalue weighted by Gasteiger charge is -2.28. The number of phosphoric acid groups is 1. The van der Waals surface area contributed by atoms with Gasteiger partial charge < -0.3 is 27.9 Å². The molecule has 0 rings (SSSR count). The zero-order chi connectivity index (χ0) is 58.4. The number of hydrogen-bond donors (Lipinski definition) is 0. The largest absolute Gasteiger partial charge is 0.756 e. The van der Waals surface area contributed by atoms with Crippen LogP contribution in [0, 0.1) is 0 Å². The number of hydrogen-bond acceptors (Lipinski definition) is 8. The average Bonchev–Trinajstić information content (AvgIpc) is 3.42. The lowest BCUT2D eigenvalue weighted by molar-refractivity contribution is -0.870. The quantitative estimate of drug-likeness (QED) is 0.0195. The van der Waals surface area contributed by atoms with Gasteiger partial charge in [-0.15, -0.1) is 0 Å². The van der Waals surface area contributed by atoms with E-state index >= 15 is 0 Å². The molecular weight excluding hydrogens is 1010 g/mol. The molecule has 9 nitrogen and oxygen atoms in total. The van der Waals surface area contributed by atoms with Crippen LogP contribution in [0.5, 0.6) is 0 Å². The van der Waals surface area contributed by atoms with Crippen molar-refractivity contribution in [3.8, 4) is 0 Å². The second-order valence-corrected chi connectivity index (χ2v) is 24.5. The van der Waals surface area contributed by atoms with Crippen LogP contribution in [0.1, 0.15) is 284 Å². The Bertz CT molecular complexity index is 1670. The lowest BCUT2D eigenvalue weighted by atomic mass is 10.0. The Morgan fingerprint density at radius 2 is 0.725 bits per heavy atom. The van der Waals surface area contributed by atoms with Crippen LogP contribution in [0.4, 0.5) is 0 Å². The van der Waals surface area contributed by atoms with E-state index in [-0.39, 0.29) is 26.1 Å². The van der Waals surface area contributed by atoms with Crippen molar-refractivity contribution in [2.75, 3.05) is 47.5 Å². The van der Waals surface area contributed by atoms with Crippen molar-refractivity contribution < 1.29 is 42.1 Å². The SMILES string of the molecule is CC/C=C\C/C=C\C/C=C\C/C=C\C/C=C\CCCC(=O)OC(COC(=O)CCCCCCCCCCCCCCCCCCCCCCCCCC/C=C\C/C=C\C/C=C\CCCCCCC)COP(=O)([O-])OCC[N+](C)(C)C. The lowest BCUT2D eigenvalue weighted by Crippen LogP contribution is -2.37. The van der Waals surface area contributed by atoms with Crippen molar-refractivity contribution in [1.82, 2.24) is 0 Å². The number of esters is 2. The molecule has 0 aromatic heterocycles. The summed E-state index contributed by atoms with van der Waals surface area (Å²) < 4.78 is 34.1. The molecule has 2 unspecified atom stereocenters. The predicted molar refractivity (Wildman–Crippen MR) is 342 cm³/mol. The summed E-state index contributed by atoms with van der Waals surface area (Å²) in [5.74, 6) is -0.898. The minimum Gasteiger partial charge on any atom is -0.756 e. The highest BCUT2D eigenvalue weighted by Gasteiger charge is 2.22. The standard InChI is InChI=1S/C70H124NO8P/c1-6-8-10-12-14-16-18-20-22-24-25-26-27-28-29-30-31-32-33-34-35-36-37-38-39-40-41-42-43-44-45-47-48-50-52-54-56-58-60-62-69(72)76-66-68(67-78-80(74,75)77-65-64-71(3,4)5)79-70(73)63-61-59-57-55-53-51-49-46-23-21-19-17-15-13-11-9-7-2/h9,11,15,17-18,20-21,23-25,27-28,49,51,55,57,68H,6-8,10,12-14,16,19,22,26,29-48,50,52-54,56,58-67H2,1-5H3/b11-9-,17-15-,20-18-,23-21-,25-24-,28-27-,51-49-,57-55-. The van der Waals surface area contributed by atoms with Gasteiger partial charge in [0.2, 0.25) is 0 Å². The Morgan fingerprint density at radius 1 is 0.400 bits per heavy atom. The summed E-state index contributed by atoms with van der Waals surface area (Å²) in [5.41, 5.74) is 0. The fourth-order valence-corrected chi connectivity index (χ4v) is 9.78. The van der Waals surface area contributed by atoms with E-state index < -0.39 is 32.5 Å². The Balaban J connectivity index is 3.96. The van der Waals surface area contributed by atoms with Gasteiger partial charge in [0.25, 0.3) is 7.82 Å². The van der Waals surface area contributed by atoms with Gasteiger partial charge in [-0.3, -0.25) is 14.2 Å². The molecule has 0 heterocycles. The minimum absolute atomic E-state index is 0.0443. The van der Waals surface area contributed by atoms with Gasteiger partial charge in [-0.1, -0.05) is 278 Å². The Labute approximate surface area is 493 Å². The fourth-order valence-electron chi connectivity index (χ4n) is 9.05. The first-order chi connectivity index (χ1) is 39.0. The average molecular weight is 1140 g/mol. The number of phosphoric ester groups is 1. The topological polar surface area (TPSA) is 111 Å². The second kappa shape index (κ2) is 60.5. The molecule has 0 aliphatic carbocycles. The first-order valence-corrected chi connectivity index (χ1v) is 34.4. The summed E-state index contributed by atoms with van der Waals surface area (Å²) in [7, 11) is 1.13. The van der Waals surface area contributed by atoms with Crippen LogP contribution >= 0.6 is 7.82 Å². The van der Waals surface area contributed by atoms with Crippen molar-refractivity contribution in [2.45, 2.75) is 290 Å². The number of nitrogens with zero attached hydrogens (tertiary/aromatic N) is 1. The monoisotopic (exact) mass is 1140 g/mol. The van der Waals surface area contributed by atoms with E-state index in [9.17, 15) is 19.0 Å². The van der Waals surface area contributed by atoms with E-state index in [2.05, 4.69) is 105 Å². The van der Waals surface area contributed by atoms with Gasteiger partial charge in [0.05, 0.1) is 27.7 Å². The number of quaternary nitrogens is 1. The van der Waals surface area contributed by atoms with Gasteiger partial charge >= 0.3 is 11.9 Å². The highest BCUT2D eigenvalue weighted by molar-refractivity contribution is 7.45. The van der Waals surface area contributed by atoms with Crippen LogP contribution in [0.3, 0.4) is 0 Å². The number of ether oxygens (including phenoxy) is 2. The zero-order valence-electron chi connectivity index (χ0n) is 52.5. The summed E-state index contributed by atoms with van der Waals surface area (Å²) >= 11 is 0. The molecule has 0 radical (unpaired) electrons. The van der Waals surface area contributed by atoms with E-state index in [0.29, 0.717) is 23.9 Å². The number of rotatable bonds is 60. The minimum atomic E-state index is -4.66. The molecule has 0 saturated heterocycles. The van der Waals surface area contributed by atoms with Gasteiger partial charge in [0.1, 0.15) is 19.8 Å². The van der Waals surface area contributed by atoms with Crippen molar-refractivity contribution in [2.24, 2.45) is 0 Å². The van der Waals surface area contributed by atoms with Crippen LogP contribution in [-0.4, -0.2) is 70.0 Å². The first-order valence-electron chi connectivity index (χ1n) is 32.9. The van der Waals surface area contributed by atoms with E-state index in [1.54, 1.807) is 0 Å².